The van der Waals surface area contributed by atoms with Gasteiger partial charge in [-0.05, 0) is 18.8 Å². The van der Waals surface area contributed by atoms with Crippen LogP contribution in [-0.4, -0.2) is 29.1 Å². The van der Waals surface area contributed by atoms with Gasteiger partial charge >= 0.3 is 11.7 Å². The van der Waals surface area contributed by atoms with Crippen molar-refractivity contribution < 1.29 is 23.6 Å². The van der Waals surface area contributed by atoms with Gasteiger partial charge in [0, 0.05) is 18.7 Å². The molecule has 1 aromatic carbocycles. The molecule has 1 aliphatic rings. The molecule has 2 rings (SSSR count). The van der Waals surface area contributed by atoms with Gasteiger partial charge in [0.15, 0.2) is 0 Å². The molecule has 0 unspecified atom stereocenters. The highest BCUT2D eigenvalue weighted by Crippen LogP contribution is 2.36. The van der Waals surface area contributed by atoms with E-state index in [1.54, 1.807) is 0 Å². The zero-order valence-corrected chi connectivity index (χ0v) is 10.4. The summed E-state index contributed by atoms with van der Waals surface area (Å²) in [4.78, 5) is 21.9. The number of benzene rings is 1. The molecule has 1 aliphatic carbocycles. The molecule has 1 N–H and O–H groups in total. The topological polar surface area (TPSA) is 83.7 Å². The third-order valence-electron chi connectivity index (χ3n) is 3.03. The monoisotopic (exact) mass is 286 g/mol. The summed E-state index contributed by atoms with van der Waals surface area (Å²) in [5, 5.41) is 19.8. The molecular weight excluding hydrogens is 274 g/mol. The molecule has 8 heteroatoms. The Balaban J connectivity index is 2.44. The lowest BCUT2D eigenvalue weighted by molar-refractivity contribution is -0.386. The predicted molar refractivity (Wildman–Crippen MR) is 65.6 cm³/mol. The van der Waals surface area contributed by atoms with Gasteiger partial charge in [-0.25, -0.2) is 4.39 Å². The minimum atomic E-state index is -1.31. The number of aliphatic carboxylic acids is 1. The van der Waals surface area contributed by atoms with Crippen LogP contribution in [0.4, 0.5) is 20.2 Å². The highest BCUT2D eigenvalue weighted by molar-refractivity contribution is 5.76. The molecule has 0 spiro atoms. The summed E-state index contributed by atoms with van der Waals surface area (Å²) < 4.78 is 26.8. The molecule has 0 bridgehead atoms. The number of nitrogens with zero attached hydrogens (tertiary/aromatic N) is 2. The Morgan fingerprint density at radius 3 is 2.60 bits per heavy atom. The Kier molecular flexibility index (Phi) is 3.82. The van der Waals surface area contributed by atoms with Crippen LogP contribution < -0.4 is 4.90 Å². The zero-order valence-electron chi connectivity index (χ0n) is 10.4. The number of rotatable bonds is 6. The first-order valence-corrected chi connectivity index (χ1v) is 5.98. The van der Waals surface area contributed by atoms with Crippen molar-refractivity contribution in [1.82, 2.24) is 0 Å². The SMILES string of the molecule is O=C(O)CN(CC1CC1)c1cc(F)cc(F)c1[N+](=O)[O-]. The van der Waals surface area contributed by atoms with Crippen LogP contribution in [0.5, 0.6) is 0 Å². The predicted octanol–water partition coefficient (Wildman–Crippen LogP) is 2.17. The summed E-state index contributed by atoms with van der Waals surface area (Å²) in [7, 11) is 0. The van der Waals surface area contributed by atoms with Gasteiger partial charge in [0.1, 0.15) is 18.0 Å². The lowest BCUT2D eigenvalue weighted by atomic mass is 10.2. The van der Waals surface area contributed by atoms with Crippen LogP contribution in [0.15, 0.2) is 12.1 Å². The number of carbonyl (C=O) groups is 1. The van der Waals surface area contributed by atoms with Crippen LogP contribution >= 0.6 is 0 Å². The molecule has 0 heterocycles. The lowest BCUT2D eigenvalue weighted by Gasteiger charge is -2.22. The molecule has 1 aromatic rings. The summed E-state index contributed by atoms with van der Waals surface area (Å²) in [6, 6.07) is 1.21. The average molecular weight is 286 g/mol. The molecular formula is C12H12F2N2O4. The number of carboxylic acid groups (broad SMARTS) is 1. The van der Waals surface area contributed by atoms with E-state index in [2.05, 4.69) is 0 Å². The molecule has 108 valence electrons. The second kappa shape index (κ2) is 5.40. The van der Waals surface area contributed by atoms with Gasteiger partial charge in [-0.1, -0.05) is 0 Å². The molecule has 0 atom stereocenters. The molecule has 0 amide bonds. The highest BCUT2D eigenvalue weighted by atomic mass is 19.1. The second-order valence-corrected chi connectivity index (χ2v) is 4.73. The maximum atomic E-state index is 13.6. The maximum absolute atomic E-state index is 13.6. The van der Waals surface area contributed by atoms with E-state index in [0.717, 1.165) is 23.8 Å². The largest absolute Gasteiger partial charge is 0.480 e. The van der Waals surface area contributed by atoms with Gasteiger partial charge in [-0.2, -0.15) is 4.39 Å². The van der Waals surface area contributed by atoms with E-state index in [-0.39, 0.29) is 18.2 Å². The van der Waals surface area contributed by atoms with E-state index in [9.17, 15) is 23.7 Å². The number of hydrogen-bond acceptors (Lipinski definition) is 4. The standard InChI is InChI=1S/C12H12F2N2O4/c13-8-3-9(14)12(16(19)20)10(4-8)15(6-11(17)18)5-7-1-2-7/h3-4,7H,1-2,5-6H2,(H,17,18). The van der Waals surface area contributed by atoms with Crippen LogP contribution in [0.25, 0.3) is 0 Å². The first-order valence-electron chi connectivity index (χ1n) is 5.98. The Morgan fingerprint density at radius 2 is 2.10 bits per heavy atom. The number of nitro groups is 1. The van der Waals surface area contributed by atoms with Crippen LogP contribution in [0.1, 0.15) is 12.8 Å². The summed E-state index contributed by atoms with van der Waals surface area (Å²) in [5.74, 6) is -3.30. The van der Waals surface area contributed by atoms with Gasteiger partial charge in [0.2, 0.25) is 5.82 Å². The molecule has 1 saturated carbocycles. The molecule has 0 radical (unpaired) electrons. The fourth-order valence-electron chi connectivity index (χ4n) is 2.00. The van der Waals surface area contributed by atoms with Crippen molar-refractivity contribution in [1.29, 1.82) is 0 Å². The Bertz CT molecular complexity index is 561. The van der Waals surface area contributed by atoms with Crippen LogP contribution in [0.3, 0.4) is 0 Å². The summed E-state index contributed by atoms with van der Waals surface area (Å²) in [5.41, 5.74) is -1.23. The maximum Gasteiger partial charge on any atom is 0.328 e. The fourth-order valence-corrected chi connectivity index (χ4v) is 2.00. The van der Waals surface area contributed by atoms with Gasteiger partial charge in [-0.15, -0.1) is 0 Å². The smallest absolute Gasteiger partial charge is 0.328 e. The van der Waals surface area contributed by atoms with Crippen LogP contribution in [0.2, 0.25) is 0 Å². The minimum Gasteiger partial charge on any atom is -0.480 e. The minimum absolute atomic E-state index is 0.209. The molecule has 6 nitrogen and oxygen atoms in total. The fraction of sp³-hybridized carbons (Fsp3) is 0.417. The van der Waals surface area contributed by atoms with Gasteiger partial charge < -0.3 is 10.0 Å². The average Bonchev–Trinajstić information content (AvgIpc) is 3.09. The number of halogens is 2. The summed E-state index contributed by atoms with van der Waals surface area (Å²) in [6.45, 7) is -0.309. The third-order valence-corrected chi connectivity index (χ3v) is 3.03. The normalized spacial score (nSPS) is 14.1. The Labute approximate surface area is 112 Å². The van der Waals surface area contributed by atoms with E-state index in [4.69, 9.17) is 5.11 Å². The lowest BCUT2D eigenvalue weighted by Crippen LogP contribution is -2.32. The van der Waals surface area contributed by atoms with E-state index < -0.39 is 34.8 Å². The van der Waals surface area contributed by atoms with Crippen molar-refractivity contribution in [2.24, 2.45) is 5.92 Å². The number of anilines is 1. The quantitative estimate of drug-likeness (QED) is 0.640. The van der Waals surface area contributed by atoms with Crippen molar-refractivity contribution in [3.05, 3.63) is 33.9 Å². The van der Waals surface area contributed by atoms with Crippen molar-refractivity contribution in [3.63, 3.8) is 0 Å². The number of carboxylic acids is 1. The molecule has 0 aromatic heterocycles. The van der Waals surface area contributed by atoms with Crippen molar-refractivity contribution in [2.45, 2.75) is 12.8 Å². The van der Waals surface area contributed by atoms with E-state index in [1.165, 1.54) is 0 Å². The molecule has 1 fully saturated rings. The molecule has 0 aliphatic heterocycles. The summed E-state index contributed by atoms with van der Waals surface area (Å²) >= 11 is 0. The van der Waals surface area contributed by atoms with Crippen molar-refractivity contribution in [3.8, 4) is 0 Å². The highest BCUT2D eigenvalue weighted by Gasteiger charge is 2.31. The van der Waals surface area contributed by atoms with Crippen LogP contribution in [0, 0.1) is 27.7 Å². The summed E-state index contributed by atoms with van der Waals surface area (Å²) in [6.07, 6.45) is 1.75. The first-order chi connectivity index (χ1) is 9.38. The van der Waals surface area contributed by atoms with E-state index in [0.29, 0.717) is 6.07 Å². The second-order valence-electron chi connectivity index (χ2n) is 4.73. The van der Waals surface area contributed by atoms with Crippen molar-refractivity contribution >= 4 is 17.3 Å². The van der Waals surface area contributed by atoms with E-state index >= 15 is 0 Å². The first kappa shape index (κ1) is 14.2. The van der Waals surface area contributed by atoms with Gasteiger partial charge in [0.05, 0.1) is 4.92 Å². The van der Waals surface area contributed by atoms with Crippen LogP contribution in [-0.2, 0) is 4.79 Å². The Morgan fingerprint density at radius 1 is 1.45 bits per heavy atom. The number of hydrogen-bond donors (Lipinski definition) is 1. The van der Waals surface area contributed by atoms with Gasteiger partial charge in [-0.3, -0.25) is 14.9 Å². The Hall–Kier alpha value is -2.25. The van der Waals surface area contributed by atoms with E-state index in [1.807, 2.05) is 0 Å². The molecule has 20 heavy (non-hydrogen) atoms. The third kappa shape index (κ3) is 3.19. The van der Waals surface area contributed by atoms with Gasteiger partial charge in [0.25, 0.3) is 0 Å². The molecule has 0 saturated heterocycles. The number of nitro benzene ring substituents is 1. The van der Waals surface area contributed by atoms with Crippen molar-refractivity contribution in [2.75, 3.05) is 18.0 Å². The zero-order chi connectivity index (χ0) is 14.9.